The summed E-state index contributed by atoms with van der Waals surface area (Å²) in [5, 5.41) is 32.9. The van der Waals surface area contributed by atoms with Crippen LogP contribution >= 0.6 is 0 Å². The van der Waals surface area contributed by atoms with Gasteiger partial charge in [-0.3, -0.25) is 4.79 Å². The lowest BCUT2D eigenvalue weighted by Gasteiger charge is -2.21. The zero-order chi connectivity index (χ0) is 33.8. The number of allylic oxidation sites excluding steroid dienone is 7. The van der Waals surface area contributed by atoms with E-state index in [9.17, 15) is 20.1 Å². The number of carbonyl (C=O) groups excluding carboxylic acids is 1. The molecule has 268 valence electrons. The van der Waals surface area contributed by atoms with Crippen molar-refractivity contribution in [2.75, 3.05) is 6.61 Å². The maximum atomic E-state index is 12.4. The van der Waals surface area contributed by atoms with Gasteiger partial charge in [-0.2, -0.15) is 0 Å². The Morgan fingerprint density at radius 3 is 1.41 bits per heavy atom. The first-order valence-corrected chi connectivity index (χ1v) is 19.5. The Morgan fingerprint density at radius 1 is 0.522 bits per heavy atom. The van der Waals surface area contributed by atoms with Crippen molar-refractivity contribution in [2.45, 2.75) is 199 Å². The fourth-order valence-corrected chi connectivity index (χ4v) is 5.51. The standard InChI is InChI=1S/C41H75NO4/c1-3-5-7-9-11-13-15-16-17-18-19-20-21-22-23-24-26-28-30-32-34-36-40(45)41(46)42-38(37-43)39(44)35-33-31-29-27-25-14-12-10-8-6-4-2/h8,10,21-22,25,27,33,35,38-40,43-45H,3-7,9,11-20,23-24,26,28-32,34,36-37H2,1-2H3,(H,42,46)/b10-8+,22-21-,27-25+,35-33+. The van der Waals surface area contributed by atoms with E-state index in [1.54, 1.807) is 6.08 Å². The normalized spacial score (nSPS) is 14.3. The van der Waals surface area contributed by atoms with Gasteiger partial charge in [-0.1, -0.05) is 165 Å². The van der Waals surface area contributed by atoms with Gasteiger partial charge in [-0.15, -0.1) is 0 Å². The van der Waals surface area contributed by atoms with Gasteiger partial charge < -0.3 is 20.6 Å². The van der Waals surface area contributed by atoms with Crippen LogP contribution < -0.4 is 5.32 Å². The van der Waals surface area contributed by atoms with Gasteiger partial charge in [-0.25, -0.2) is 0 Å². The summed E-state index contributed by atoms with van der Waals surface area (Å²) in [5.41, 5.74) is 0. The largest absolute Gasteiger partial charge is 0.394 e. The van der Waals surface area contributed by atoms with E-state index in [4.69, 9.17) is 0 Å². The minimum absolute atomic E-state index is 0.385. The average molecular weight is 646 g/mol. The molecule has 0 fully saturated rings. The lowest BCUT2D eigenvalue weighted by molar-refractivity contribution is -0.131. The van der Waals surface area contributed by atoms with Crippen LogP contribution in [0.25, 0.3) is 0 Å². The van der Waals surface area contributed by atoms with E-state index in [0.717, 1.165) is 57.8 Å². The first-order valence-electron chi connectivity index (χ1n) is 19.5. The molecule has 0 saturated carbocycles. The molecule has 0 saturated heterocycles. The quantitative estimate of drug-likeness (QED) is 0.0414. The van der Waals surface area contributed by atoms with Gasteiger partial charge in [-0.05, 0) is 64.2 Å². The lowest BCUT2D eigenvalue weighted by Crippen LogP contribution is -2.48. The minimum atomic E-state index is -1.11. The molecule has 0 radical (unpaired) electrons. The summed E-state index contributed by atoms with van der Waals surface area (Å²) >= 11 is 0. The van der Waals surface area contributed by atoms with Crippen LogP contribution in [-0.2, 0) is 4.79 Å². The highest BCUT2D eigenvalue weighted by Gasteiger charge is 2.22. The Hall–Kier alpha value is -1.69. The van der Waals surface area contributed by atoms with E-state index in [0.29, 0.717) is 6.42 Å². The molecule has 4 N–H and O–H groups in total. The summed E-state index contributed by atoms with van der Waals surface area (Å²) in [6.07, 6.45) is 45.7. The average Bonchev–Trinajstić information content (AvgIpc) is 3.06. The van der Waals surface area contributed by atoms with Gasteiger partial charge >= 0.3 is 0 Å². The van der Waals surface area contributed by atoms with E-state index in [1.165, 1.54) is 103 Å². The number of aliphatic hydroxyl groups is 3. The molecule has 3 atom stereocenters. The van der Waals surface area contributed by atoms with E-state index < -0.39 is 24.2 Å². The number of nitrogens with one attached hydrogen (secondary N) is 1. The van der Waals surface area contributed by atoms with Crippen molar-refractivity contribution in [1.82, 2.24) is 5.32 Å². The van der Waals surface area contributed by atoms with Crippen LogP contribution in [0, 0.1) is 0 Å². The van der Waals surface area contributed by atoms with Gasteiger partial charge in [0.1, 0.15) is 6.10 Å². The highest BCUT2D eigenvalue weighted by molar-refractivity contribution is 5.80. The molecule has 0 bridgehead atoms. The van der Waals surface area contributed by atoms with Gasteiger partial charge in [0, 0.05) is 0 Å². The Morgan fingerprint density at radius 2 is 0.935 bits per heavy atom. The highest BCUT2D eigenvalue weighted by Crippen LogP contribution is 2.13. The monoisotopic (exact) mass is 646 g/mol. The molecule has 0 aromatic heterocycles. The topological polar surface area (TPSA) is 89.8 Å². The summed E-state index contributed by atoms with van der Waals surface area (Å²) in [6, 6.07) is -0.822. The van der Waals surface area contributed by atoms with E-state index in [2.05, 4.69) is 55.6 Å². The third-order valence-corrected chi connectivity index (χ3v) is 8.60. The van der Waals surface area contributed by atoms with E-state index >= 15 is 0 Å². The Bertz CT molecular complexity index is 760. The molecule has 5 heteroatoms. The molecule has 0 aliphatic heterocycles. The lowest BCUT2D eigenvalue weighted by atomic mass is 10.0. The van der Waals surface area contributed by atoms with Crippen LogP contribution in [0.15, 0.2) is 48.6 Å². The molecule has 0 rings (SSSR count). The Labute approximate surface area is 285 Å². The predicted octanol–water partition coefficient (Wildman–Crippen LogP) is 10.6. The second-order valence-corrected chi connectivity index (χ2v) is 13.1. The van der Waals surface area contributed by atoms with Gasteiger partial charge in [0.2, 0.25) is 5.91 Å². The second kappa shape index (κ2) is 36.2. The molecule has 0 aromatic rings. The summed E-state index contributed by atoms with van der Waals surface area (Å²) in [4.78, 5) is 12.4. The van der Waals surface area contributed by atoms with Crippen molar-refractivity contribution in [3.63, 3.8) is 0 Å². The molecular weight excluding hydrogens is 570 g/mol. The zero-order valence-corrected chi connectivity index (χ0v) is 30.2. The fourth-order valence-electron chi connectivity index (χ4n) is 5.51. The number of hydrogen-bond acceptors (Lipinski definition) is 4. The van der Waals surface area contributed by atoms with Crippen LogP contribution in [-0.4, -0.2) is 46.1 Å². The zero-order valence-electron chi connectivity index (χ0n) is 30.2. The van der Waals surface area contributed by atoms with Crippen molar-refractivity contribution >= 4 is 5.91 Å². The van der Waals surface area contributed by atoms with Crippen LogP contribution in [0.1, 0.15) is 181 Å². The van der Waals surface area contributed by atoms with E-state index in [1.807, 2.05) is 6.08 Å². The molecule has 0 heterocycles. The van der Waals surface area contributed by atoms with Crippen molar-refractivity contribution in [3.05, 3.63) is 48.6 Å². The van der Waals surface area contributed by atoms with Crippen LogP contribution in [0.2, 0.25) is 0 Å². The number of rotatable bonds is 34. The van der Waals surface area contributed by atoms with Crippen LogP contribution in [0.4, 0.5) is 0 Å². The van der Waals surface area contributed by atoms with Gasteiger partial charge in [0.15, 0.2) is 0 Å². The summed E-state index contributed by atoms with van der Waals surface area (Å²) in [7, 11) is 0. The maximum Gasteiger partial charge on any atom is 0.249 e. The van der Waals surface area contributed by atoms with Crippen LogP contribution in [0.3, 0.4) is 0 Å². The van der Waals surface area contributed by atoms with Crippen molar-refractivity contribution in [3.8, 4) is 0 Å². The predicted molar refractivity (Wildman–Crippen MR) is 199 cm³/mol. The molecule has 3 unspecified atom stereocenters. The fraction of sp³-hybridized carbons (Fsp3) is 0.780. The third-order valence-electron chi connectivity index (χ3n) is 8.60. The number of carbonyl (C=O) groups is 1. The number of aliphatic hydroxyl groups excluding tert-OH is 3. The third kappa shape index (κ3) is 30.9. The molecule has 0 spiro atoms. The van der Waals surface area contributed by atoms with Gasteiger partial charge in [0.25, 0.3) is 0 Å². The number of unbranched alkanes of at least 4 members (excludes halogenated alkanes) is 20. The van der Waals surface area contributed by atoms with E-state index in [-0.39, 0.29) is 6.61 Å². The maximum absolute atomic E-state index is 12.4. The first kappa shape index (κ1) is 44.3. The smallest absolute Gasteiger partial charge is 0.249 e. The Kier molecular flexibility index (Phi) is 34.8. The van der Waals surface area contributed by atoms with Crippen molar-refractivity contribution < 1.29 is 20.1 Å². The highest BCUT2D eigenvalue weighted by atomic mass is 16.3. The number of hydrogen-bond donors (Lipinski definition) is 4. The summed E-state index contributed by atoms with van der Waals surface area (Å²) < 4.78 is 0. The summed E-state index contributed by atoms with van der Waals surface area (Å²) in [6.45, 7) is 4.07. The van der Waals surface area contributed by atoms with Gasteiger partial charge in [0.05, 0.1) is 18.8 Å². The Balaban J connectivity index is 3.73. The molecular formula is C41H75NO4. The minimum Gasteiger partial charge on any atom is -0.394 e. The molecule has 0 aliphatic carbocycles. The van der Waals surface area contributed by atoms with Crippen molar-refractivity contribution in [1.29, 1.82) is 0 Å². The molecule has 0 aromatic carbocycles. The number of amides is 1. The first-order chi connectivity index (χ1) is 22.6. The second-order valence-electron chi connectivity index (χ2n) is 13.1. The summed E-state index contributed by atoms with van der Waals surface area (Å²) in [5.74, 6) is -0.526. The molecule has 5 nitrogen and oxygen atoms in total. The van der Waals surface area contributed by atoms with Crippen molar-refractivity contribution in [2.24, 2.45) is 0 Å². The SMILES string of the molecule is CCC/C=C/CC/C=C/CC/C=C/C(O)C(CO)NC(=O)C(O)CCCCCCCC/C=C\CCCCCCCCCCCCC. The molecule has 0 aliphatic rings. The molecule has 1 amide bonds. The van der Waals surface area contributed by atoms with Crippen LogP contribution in [0.5, 0.6) is 0 Å². The molecule has 46 heavy (non-hydrogen) atoms.